The van der Waals surface area contributed by atoms with E-state index in [0.29, 0.717) is 11.5 Å². The minimum Gasteiger partial charge on any atom is -0.493 e. The second kappa shape index (κ2) is 7.19. The van der Waals surface area contributed by atoms with Gasteiger partial charge in [-0.3, -0.25) is 9.89 Å². The van der Waals surface area contributed by atoms with Crippen molar-refractivity contribution >= 4 is 27.8 Å². The molecule has 0 fully saturated rings. The Hall–Kier alpha value is -3.61. The summed E-state index contributed by atoms with van der Waals surface area (Å²) >= 11 is 0. The van der Waals surface area contributed by atoms with Crippen LogP contribution in [0.25, 0.3) is 33.1 Å². The average molecular weight is 377 g/mol. The maximum atomic E-state index is 12.0. The molecule has 0 spiro atoms. The number of carbonyl (C=O) groups excluding carboxylic acids is 1. The van der Waals surface area contributed by atoms with Crippen LogP contribution in [-0.4, -0.2) is 42.5 Å². The summed E-state index contributed by atoms with van der Waals surface area (Å²) in [7, 11) is 4.57. The van der Waals surface area contributed by atoms with Crippen LogP contribution in [0.5, 0.6) is 11.5 Å². The van der Waals surface area contributed by atoms with Crippen molar-refractivity contribution in [3.63, 3.8) is 0 Å². The first-order valence-corrected chi connectivity index (χ1v) is 8.69. The molecule has 4 rings (SSSR count). The number of hydrogen-bond acceptors (Lipinski definition) is 6. The molecule has 0 saturated heterocycles. The van der Waals surface area contributed by atoms with Gasteiger partial charge < -0.3 is 14.2 Å². The van der Waals surface area contributed by atoms with E-state index in [1.54, 1.807) is 20.4 Å². The number of methoxy groups -OCH3 is 3. The number of hydrogen-bond donors (Lipinski definition) is 1. The molecule has 0 atom stereocenters. The smallest absolute Gasteiger partial charge is 0.310 e. The zero-order valence-corrected chi connectivity index (χ0v) is 15.8. The van der Waals surface area contributed by atoms with Gasteiger partial charge in [0.1, 0.15) is 0 Å². The van der Waals surface area contributed by atoms with Crippen LogP contribution in [0.3, 0.4) is 0 Å². The van der Waals surface area contributed by atoms with Crippen molar-refractivity contribution in [3.8, 4) is 22.8 Å². The van der Waals surface area contributed by atoms with Gasteiger partial charge in [0.25, 0.3) is 0 Å². The standard InChI is InChI=1S/C21H19N3O4/c1-26-18-7-4-12(9-19(18)27-2)17-8-13(10-20(25)28-3)21-14-11-22-24-15(14)5-6-16(21)23-17/h4-9,11H,10H2,1-3H3,(H,22,24). The Morgan fingerprint density at radius 2 is 1.86 bits per heavy atom. The van der Waals surface area contributed by atoms with E-state index in [1.165, 1.54) is 7.11 Å². The minimum absolute atomic E-state index is 0.139. The predicted molar refractivity (Wildman–Crippen MR) is 106 cm³/mol. The van der Waals surface area contributed by atoms with E-state index in [1.807, 2.05) is 36.4 Å². The zero-order chi connectivity index (χ0) is 19.7. The van der Waals surface area contributed by atoms with Gasteiger partial charge in [0.15, 0.2) is 11.5 Å². The van der Waals surface area contributed by atoms with Crippen molar-refractivity contribution in [1.29, 1.82) is 0 Å². The van der Waals surface area contributed by atoms with Gasteiger partial charge >= 0.3 is 5.97 Å². The number of aromatic amines is 1. The Morgan fingerprint density at radius 3 is 2.61 bits per heavy atom. The Kier molecular flexibility index (Phi) is 4.57. The van der Waals surface area contributed by atoms with E-state index in [9.17, 15) is 4.79 Å². The normalized spacial score (nSPS) is 11.0. The number of nitrogens with one attached hydrogen (secondary N) is 1. The summed E-state index contributed by atoms with van der Waals surface area (Å²) in [5, 5.41) is 8.88. The molecule has 0 unspecified atom stereocenters. The van der Waals surface area contributed by atoms with Gasteiger partial charge in [-0.15, -0.1) is 0 Å². The van der Waals surface area contributed by atoms with Crippen LogP contribution in [0.15, 0.2) is 42.6 Å². The van der Waals surface area contributed by atoms with Crippen LogP contribution in [0, 0.1) is 0 Å². The Balaban J connectivity index is 1.95. The number of ether oxygens (including phenoxy) is 3. The van der Waals surface area contributed by atoms with Crippen molar-refractivity contribution < 1.29 is 19.0 Å². The molecule has 0 aliphatic heterocycles. The zero-order valence-electron chi connectivity index (χ0n) is 15.8. The molecule has 2 aromatic carbocycles. The van der Waals surface area contributed by atoms with Gasteiger partial charge in [-0.05, 0) is 42.0 Å². The van der Waals surface area contributed by atoms with Gasteiger partial charge in [0, 0.05) is 16.3 Å². The minimum atomic E-state index is -0.314. The van der Waals surface area contributed by atoms with Crippen molar-refractivity contribution in [2.24, 2.45) is 0 Å². The molecule has 0 aliphatic rings. The Labute approximate surface area is 161 Å². The van der Waals surface area contributed by atoms with Crippen molar-refractivity contribution in [3.05, 3.63) is 48.2 Å². The van der Waals surface area contributed by atoms with Crippen LogP contribution in [0.1, 0.15) is 5.56 Å². The molecule has 1 N–H and O–H groups in total. The van der Waals surface area contributed by atoms with Crippen molar-refractivity contribution in [1.82, 2.24) is 15.2 Å². The molecular weight excluding hydrogens is 358 g/mol. The molecule has 0 radical (unpaired) electrons. The summed E-state index contributed by atoms with van der Waals surface area (Å²) in [5.74, 6) is 0.940. The maximum Gasteiger partial charge on any atom is 0.310 e. The van der Waals surface area contributed by atoms with Crippen LogP contribution in [-0.2, 0) is 16.0 Å². The molecular formula is C21H19N3O4. The number of esters is 1. The number of aromatic nitrogens is 3. The average Bonchev–Trinajstić information content (AvgIpc) is 3.21. The molecule has 2 heterocycles. The molecule has 7 nitrogen and oxygen atoms in total. The maximum absolute atomic E-state index is 12.0. The summed E-state index contributed by atoms with van der Waals surface area (Å²) in [6.45, 7) is 0. The van der Waals surface area contributed by atoms with Crippen molar-refractivity contribution in [2.45, 2.75) is 6.42 Å². The predicted octanol–water partition coefficient (Wildman–Crippen LogP) is 3.51. The highest BCUT2D eigenvalue weighted by Gasteiger charge is 2.16. The molecule has 0 amide bonds. The first-order valence-electron chi connectivity index (χ1n) is 8.69. The summed E-state index contributed by atoms with van der Waals surface area (Å²) in [6, 6.07) is 11.4. The summed E-state index contributed by atoms with van der Waals surface area (Å²) in [4.78, 5) is 16.8. The SMILES string of the molecule is COC(=O)Cc1cc(-c2ccc(OC)c(OC)c2)nc2ccc3[nH]ncc3c12. The lowest BCUT2D eigenvalue weighted by Gasteiger charge is -2.12. The molecule has 0 bridgehead atoms. The van der Waals surface area contributed by atoms with E-state index in [0.717, 1.165) is 38.6 Å². The van der Waals surface area contributed by atoms with Crippen LogP contribution in [0.2, 0.25) is 0 Å². The number of fused-ring (bicyclic) bond motifs is 3. The fourth-order valence-electron chi connectivity index (χ4n) is 3.35. The lowest BCUT2D eigenvalue weighted by Crippen LogP contribution is -2.06. The van der Waals surface area contributed by atoms with E-state index in [4.69, 9.17) is 19.2 Å². The van der Waals surface area contributed by atoms with E-state index in [-0.39, 0.29) is 12.4 Å². The highest BCUT2D eigenvalue weighted by Crippen LogP contribution is 2.34. The number of carbonyl (C=O) groups is 1. The van der Waals surface area contributed by atoms with Crippen LogP contribution in [0.4, 0.5) is 0 Å². The quantitative estimate of drug-likeness (QED) is 0.536. The number of H-pyrrole nitrogens is 1. The topological polar surface area (TPSA) is 86.3 Å². The first-order chi connectivity index (χ1) is 13.6. The monoisotopic (exact) mass is 377 g/mol. The molecule has 28 heavy (non-hydrogen) atoms. The van der Waals surface area contributed by atoms with Crippen LogP contribution < -0.4 is 9.47 Å². The number of nitrogens with zero attached hydrogens (tertiary/aromatic N) is 2. The van der Waals surface area contributed by atoms with Gasteiger partial charge in [-0.25, -0.2) is 4.98 Å². The van der Waals surface area contributed by atoms with Gasteiger partial charge in [0.05, 0.1) is 50.7 Å². The first kappa shape index (κ1) is 17.8. The Bertz CT molecular complexity index is 1180. The third kappa shape index (κ3) is 3.00. The third-order valence-corrected chi connectivity index (χ3v) is 4.72. The number of rotatable bonds is 5. The number of benzene rings is 2. The highest BCUT2D eigenvalue weighted by molar-refractivity contribution is 6.07. The molecule has 142 valence electrons. The lowest BCUT2D eigenvalue weighted by molar-refractivity contribution is -0.139. The molecule has 0 saturated carbocycles. The van der Waals surface area contributed by atoms with Gasteiger partial charge in [-0.2, -0.15) is 5.10 Å². The fraction of sp³-hybridized carbons (Fsp3) is 0.190. The second-order valence-electron chi connectivity index (χ2n) is 6.28. The van der Waals surface area contributed by atoms with Gasteiger partial charge in [0.2, 0.25) is 0 Å². The lowest BCUT2D eigenvalue weighted by atomic mass is 9.99. The van der Waals surface area contributed by atoms with Crippen molar-refractivity contribution in [2.75, 3.05) is 21.3 Å². The van der Waals surface area contributed by atoms with Crippen LogP contribution >= 0.6 is 0 Å². The number of pyridine rings is 1. The second-order valence-corrected chi connectivity index (χ2v) is 6.28. The third-order valence-electron chi connectivity index (χ3n) is 4.72. The van der Waals surface area contributed by atoms with E-state index in [2.05, 4.69) is 10.2 Å². The van der Waals surface area contributed by atoms with Gasteiger partial charge in [-0.1, -0.05) is 0 Å². The molecule has 4 aromatic rings. The summed E-state index contributed by atoms with van der Waals surface area (Å²) < 4.78 is 15.6. The summed E-state index contributed by atoms with van der Waals surface area (Å²) in [6.07, 6.45) is 1.89. The molecule has 0 aliphatic carbocycles. The summed E-state index contributed by atoms with van der Waals surface area (Å²) in [5.41, 5.74) is 4.08. The highest BCUT2D eigenvalue weighted by atomic mass is 16.5. The molecule has 2 aromatic heterocycles. The largest absolute Gasteiger partial charge is 0.493 e. The fourth-order valence-corrected chi connectivity index (χ4v) is 3.35. The van der Waals surface area contributed by atoms with E-state index >= 15 is 0 Å². The Morgan fingerprint density at radius 1 is 1.04 bits per heavy atom. The van der Waals surface area contributed by atoms with E-state index < -0.39 is 0 Å². The molecule has 7 heteroatoms.